The molecule has 1 heterocycles. The van der Waals surface area contributed by atoms with Gasteiger partial charge in [0, 0.05) is 18.0 Å². The largest absolute Gasteiger partial charge is 0.448 e. The Balaban J connectivity index is 1.67. The monoisotopic (exact) mass is 315 g/mol. The van der Waals surface area contributed by atoms with Crippen molar-refractivity contribution in [1.29, 1.82) is 0 Å². The van der Waals surface area contributed by atoms with Crippen LogP contribution in [0.3, 0.4) is 0 Å². The van der Waals surface area contributed by atoms with Crippen LogP contribution in [-0.4, -0.2) is 18.0 Å². The molecule has 0 bridgehead atoms. The van der Waals surface area contributed by atoms with Gasteiger partial charge in [0.25, 0.3) is 5.91 Å². The van der Waals surface area contributed by atoms with E-state index in [1.165, 1.54) is 0 Å². The van der Waals surface area contributed by atoms with Gasteiger partial charge in [0.2, 0.25) is 0 Å². The molecule has 4 nitrogen and oxygen atoms in total. The molecule has 0 unspecified atom stereocenters. The molecule has 22 heavy (non-hydrogen) atoms. The summed E-state index contributed by atoms with van der Waals surface area (Å²) in [4.78, 5) is 24.1. The van der Waals surface area contributed by atoms with Crippen molar-refractivity contribution in [3.8, 4) is 0 Å². The van der Waals surface area contributed by atoms with Crippen LogP contribution in [0, 0.1) is 0 Å². The summed E-state index contributed by atoms with van der Waals surface area (Å²) < 4.78 is 5.21. The highest BCUT2D eigenvalue weighted by Gasteiger charge is 2.31. The van der Waals surface area contributed by atoms with Crippen LogP contribution in [0.5, 0.6) is 0 Å². The van der Waals surface area contributed by atoms with Gasteiger partial charge in [0.1, 0.15) is 0 Å². The van der Waals surface area contributed by atoms with E-state index >= 15 is 0 Å². The van der Waals surface area contributed by atoms with Crippen LogP contribution in [0.1, 0.15) is 21.5 Å². The van der Waals surface area contributed by atoms with Crippen molar-refractivity contribution >= 4 is 23.5 Å². The van der Waals surface area contributed by atoms with E-state index in [0.717, 1.165) is 11.1 Å². The molecule has 0 fully saturated rings. The molecule has 1 atom stereocenters. The maximum absolute atomic E-state index is 12.2. The molecule has 2 aromatic rings. The predicted octanol–water partition coefficient (Wildman–Crippen LogP) is 2.74. The standard InChI is InChI=1S/C17H14ClNO3/c18-13-7-6-12-8-15(22-17(21)14(12)9-13)16(20)19-10-11-4-2-1-3-5-11/h1-7,9,15H,8,10H2,(H,19,20)/t15-/m0/s1. The predicted molar refractivity (Wildman–Crippen MR) is 82.6 cm³/mol. The molecule has 1 N–H and O–H groups in total. The number of fused-ring (bicyclic) bond motifs is 1. The molecule has 1 aliphatic rings. The first kappa shape index (κ1) is 14.6. The topological polar surface area (TPSA) is 55.4 Å². The summed E-state index contributed by atoms with van der Waals surface area (Å²) in [5.41, 5.74) is 2.20. The minimum absolute atomic E-state index is 0.294. The fourth-order valence-corrected chi connectivity index (χ4v) is 2.57. The maximum atomic E-state index is 12.2. The molecule has 3 rings (SSSR count). The number of cyclic esters (lactones) is 1. The molecule has 5 heteroatoms. The number of hydrogen-bond donors (Lipinski definition) is 1. The number of rotatable bonds is 3. The van der Waals surface area contributed by atoms with Gasteiger partial charge < -0.3 is 10.1 Å². The average molecular weight is 316 g/mol. The zero-order chi connectivity index (χ0) is 15.5. The lowest BCUT2D eigenvalue weighted by Crippen LogP contribution is -2.41. The number of halogens is 1. The van der Waals surface area contributed by atoms with Gasteiger partial charge in [0.15, 0.2) is 6.10 Å². The third-order valence-corrected chi connectivity index (χ3v) is 3.78. The van der Waals surface area contributed by atoms with E-state index < -0.39 is 12.1 Å². The summed E-state index contributed by atoms with van der Waals surface area (Å²) in [6.07, 6.45) is -0.441. The van der Waals surface area contributed by atoms with Crippen molar-refractivity contribution in [2.24, 2.45) is 0 Å². The van der Waals surface area contributed by atoms with Gasteiger partial charge in [-0.1, -0.05) is 48.0 Å². The average Bonchev–Trinajstić information content (AvgIpc) is 2.54. The molecule has 0 aromatic heterocycles. The molecule has 0 aliphatic carbocycles. The molecule has 2 aromatic carbocycles. The second-order valence-electron chi connectivity index (χ2n) is 5.10. The number of carbonyl (C=O) groups excluding carboxylic acids is 2. The van der Waals surface area contributed by atoms with Crippen molar-refractivity contribution in [3.63, 3.8) is 0 Å². The molecule has 112 valence electrons. The van der Waals surface area contributed by atoms with Gasteiger partial charge in [-0.15, -0.1) is 0 Å². The van der Waals surface area contributed by atoms with Gasteiger partial charge in [-0.05, 0) is 23.3 Å². The third-order valence-electron chi connectivity index (χ3n) is 3.55. The normalized spacial score (nSPS) is 16.6. The van der Waals surface area contributed by atoms with Gasteiger partial charge in [-0.2, -0.15) is 0 Å². The second-order valence-corrected chi connectivity index (χ2v) is 5.54. The number of benzene rings is 2. The lowest BCUT2D eigenvalue weighted by Gasteiger charge is -2.24. The lowest BCUT2D eigenvalue weighted by atomic mass is 9.98. The molecule has 1 amide bonds. The van der Waals surface area contributed by atoms with Crippen LogP contribution in [0.2, 0.25) is 5.02 Å². The van der Waals surface area contributed by atoms with Crippen molar-refractivity contribution < 1.29 is 14.3 Å². The SMILES string of the molecule is O=C1O[C@H](C(=O)NCc2ccccc2)Cc2ccc(Cl)cc21. The van der Waals surface area contributed by atoms with Crippen LogP contribution >= 0.6 is 11.6 Å². The highest BCUT2D eigenvalue weighted by atomic mass is 35.5. The van der Waals surface area contributed by atoms with Crippen LogP contribution in [0.15, 0.2) is 48.5 Å². The smallest absolute Gasteiger partial charge is 0.339 e. The summed E-state index contributed by atoms with van der Waals surface area (Å²) in [5.74, 6) is -0.804. The summed E-state index contributed by atoms with van der Waals surface area (Å²) in [6.45, 7) is 0.404. The van der Waals surface area contributed by atoms with E-state index in [0.29, 0.717) is 23.6 Å². The van der Waals surface area contributed by atoms with Gasteiger partial charge in [0.05, 0.1) is 5.56 Å². The summed E-state index contributed by atoms with van der Waals surface area (Å²) >= 11 is 5.87. The lowest BCUT2D eigenvalue weighted by molar-refractivity contribution is -0.130. The van der Waals surface area contributed by atoms with Crippen molar-refractivity contribution in [3.05, 3.63) is 70.2 Å². The molecular formula is C17H14ClNO3. The Kier molecular flexibility index (Phi) is 4.11. The van der Waals surface area contributed by atoms with Crippen molar-refractivity contribution in [2.75, 3.05) is 0 Å². The fourth-order valence-electron chi connectivity index (χ4n) is 2.40. The van der Waals surface area contributed by atoms with E-state index in [2.05, 4.69) is 5.32 Å². The first-order valence-electron chi connectivity index (χ1n) is 6.94. The minimum atomic E-state index is -0.801. The number of ether oxygens (including phenoxy) is 1. The Bertz CT molecular complexity index is 715. The number of nitrogens with one attached hydrogen (secondary N) is 1. The van der Waals surface area contributed by atoms with E-state index in [4.69, 9.17) is 16.3 Å². The van der Waals surface area contributed by atoms with Crippen molar-refractivity contribution in [2.45, 2.75) is 19.1 Å². The Morgan fingerprint density at radius 1 is 1.23 bits per heavy atom. The minimum Gasteiger partial charge on any atom is -0.448 e. The van der Waals surface area contributed by atoms with Gasteiger partial charge in [-0.25, -0.2) is 4.79 Å². The van der Waals surface area contributed by atoms with Crippen LogP contribution in [0.4, 0.5) is 0 Å². The number of amides is 1. The quantitative estimate of drug-likeness (QED) is 0.886. The van der Waals surface area contributed by atoms with Gasteiger partial charge in [-0.3, -0.25) is 4.79 Å². The molecule has 0 spiro atoms. The Hall–Kier alpha value is -2.33. The van der Waals surface area contributed by atoms with Crippen molar-refractivity contribution in [1.82, 2.24) is 5.32 Å². The van der Waals surface area contributed by atoms with Gasteiger partial charge >= 0.3 is 5.97 Å². The number of esters is 1. The third kappa shape index (κ3) is 3.12. The Morgan fingerprint density at radius 2 is 2.00 bits per heavy atom. The zero-order valence-corrected chi connectivity index (χ0v) is 12.5. The first-order chi connectivity index (χ1) is 10.6. The number of hydrogen-bond acceptors (Lipinski definition) is 3. The fraction of sp³-hybridized carbons (Fsp3) is 0.176. The summed E-state index contributed by atoms with van der Waals surface area (Å²) in [5, 5.41) is 3.26. The molecule has 1 aliphatic heterocycles. The summed E-state index contributed by atoms with van der Waals surface area (Å²) in [7, 11) is 0. The maximum Gasteiger partial charge on any atom is 0.339 e. The highest BCUT2D eigenvalue weighted by Crippen LogP contribution is 2.24. The van der Waals surface area contributed by atoms with E-state index in [1.54, 1.807) is 18.2 Å². The molecule has 0 radical (unpaired) electrons. The molecule has 0 saturated heterocycles. The second kappa shape index (κ2) is 6.20. The highest BCUT2D eigenvalue weighted by molar-refractivity contribution is 6.31. The zero-order valence-electron chi connectivity index (χ0n) is 11.7. The molecule has 0 saturated carbocycles. The summed E-state index contributed by atoms with van der Waals surface area (Å²) in [6, 6.07) is 14.6. The number of carbonyl (C=O) groups is 2. The Morgan fingerprint density at radius 3 is 2.77 bits per heavy atom. The molecular weight excluding hydrogens is 302 g/mol. The van der Waals surface area contributed by atoms with Crippen LogP contribution in [0.25, 0.3) is 0 Å². The van der Waals surface area contributed by atoms with Crippen LogP contribution in [-0.2, 0) is 22.5 Å². The van der Waals surface area contributed by atoms with E-state index in [1.807, 2.05) is 30.3 Å². The van der Waals surface area contributed by atoms with E-state index in [9.17, 15) is 9.59 Å². The first-order valence-corrected chi connectivity index (χ1v) is 7.32. The Labute approximate surface area is 133 Å². The van der Waals surface area contributed by atoms with Crippen LogP contribution < -0.4 is 5.32 Å². The van der Waals surface area contributed by atoms with E-state index in [-0.39, 0.29) is 5.91 Å².